The third-order valence-corrected chi connectivity index (χ3v) is 7.75. The largest absolute Gasteiger partial charge is 0.300 e. The lowest BCUT2D eigenvalue weighted by Crippen LogP contribution is -2.52. The first kappa shape index (κ1) is 22.1. The van der Waals surface area contributed by atoms with E-state index in [1.54, 1.807) is 0 Å². The molecule has 0 unspecified atom stereocenters. The molecule has 158 valence electrons. The topological polar surface area (TPSA) is 6.48 Å². The zero-order valence-electron chi connectivity index (χ0n) is 18.4. The van der Waals surface area contributed by atoms with Gasteiger partial charge in [0, 0.05) is 16.6 Å². The van der Waals surface area contributed by atoms with Crippen molar-refractivity contribution < 1.29 is 0 Å². The number of halogens is 1. The predicted molar refractivity (Wildman–Crippen MR) is 122 cm³/mol. The maximum absolute atomic E-state index is 6.23. The van der Waals surface area contributed by atoms with Gasteiger partial charge in [0.1, 0.15) is 0 Å². The molecule has 0 bridgehead atoms. The number of rotatable bonds is 8. The minimum atomic E-state index is 0.203. The van der Waals surface area contributed by atoms with Gasteiger partial charge in [-0.3, -0.25) is 4.90 Å². The first-order chi connectivity index (χ1) is 13.6. The molecule has 3 rings (SSSR count). The van der Waals surface area contributed by atoms with Crippen molar-refractivity contribution in [3.05, 3.63) is 34.9 Å². The van der Waals surface area contributed by atoms with Crippen molar-refractivity contribution in [1.29, 1.82) is 0 Å². The molecular weight excluding hydrogens is 364 g/mol. The fourth-order valence-corrected chi connectivity index (χ4v) is 5.92. The Labute approximate surface area is 178 Å². The Morgan fingerprint density at radius 1 is 0.929 bits per heavy atom. The molecule has 0 N–H and O–H groups in total. The lowest BCUT2D eigenvalue weighted by atomic mass is 9.72. The second-order valence-electron chi connectivity index (χ2n) is 9.14. The van der Waals surface area contributed by atoms with Gasteiger partial charge in [-0.25, -0.2) is 0 Å². The van der Waals surface area contributed by atoms with Crippen molar-refractivity contribution >= 4 is 11.6 Å². The lowest BCUT2D eigenvalue weighted by molar-refractivity contribution is 0.00802. The van der Waals surface area contributed by atoms with Gasteiger partial charge in [0.2, 0.25) is 0 Å². The summed E-state index contributed by atoms with van der Waals surface area (Å²) in [5.41, 5.74) is 1.69. The van der Waals surface area contributed by atoms with E-state index in [1.807, 2.05) is 0 Å². The molecule has 1 saturated carbocycles. The number of benzene rings is 1. The van der Waals surface area contributed by atoms with E-state index in [4.69, 9.17) is 11.6 Å². The molecule has 1 aromatic rings. The number of hydrogen-bond acceptors (Lipinski definition) is 2. The summed E-state index contributed by atoms with van der Waals surface area (Å²) in [5, 5.41) is 0.851. The summed E-state index contributed by atoms with van der Waals surface area (Å²) in [4.78, 5) is 5.62. The van der Waals surface area contributed by atoms with E-state index in [0.29, 0.717) is 0 Å². The minimum Gasteiger partial charge on any atom is -0.300 e. The summed E-state index contributed by atoms with van der Waals surface area (Å²) >= 11 is 6.23. The molecule has 0 amide bonds. The highest BCUT2D eigenvalue weighted by molar-refractivity contribution is 6.30. The molecule has 2 fully saturated rings. The second kappa shape index (κ2) is 10.5. The van der Waals surface area contributed by atoms with Crippen molar-refractivity contribution in [1.82, 2.24) is 9.80 Å². The maximum Gasteiger partial charge on any atom is 0.0461 e. The zero-order valence-corrected chi connectivity index (χ0v) is 19.2. The van der Waals surface area contributed by atoms with Crippen molar-refractivity contribution in [2.45, 2.75) is 90.1 Å². The number of likely N-dealkylation sites (tertiary alicyclic amines) is 1. The summed E-state index contributed by atoms with van der Waals surface area (Å²) in [5.74, 6) is 0.970. The molecule has 1 aromatic carbocycles. The quantitative estimate of drug-likeness (QED) is 0.474. The molecule has 2 nitrogen and oxygen atoms in total. The van der Waals surface area contributed by atoms with Crippen LogP contribution in [0.15, 0.2) is 24.3 Å². The molecule has 3 heteroatoms. The fraction of sp³-hybridized carbons (Fsp3) is 0.760. The Kier molecular flexibility index (Phi) is 8.26. The van der Waals surface area contributed by atoms with Crippen molar-refractivity contribution in [3.8, 4) is 0 Å². The Balaban J connectivity index is 1.75. The summed E-state index contributed by atoms with van der Waals surface area (Å²) in [6.07, 6.45) is 11.9. The van der Waals surface area contributed by atoms with Gasteiger partial charge >= 0.3 is 0 Å². The number of piperidine rings is 1. The van der Waals surface area contributed by atoms with Gasteiger partial charge in [-0.1, -0.05) is 50.9 Å². The van der Waals surface area contributed by atoms with E-state index >= 15 is 0 Å². The molecule has 1 aliphatic carbocycles. The Bertz CT molecular complexity index is 563. The molecule has 0 spiro atoms. The van der Waals surface area contributed by atoms with E-state index in [2.05, 4.69) is 54.8 Å². The average molecular weight is 405 g/mol. The fourth-order valence-electron chi connectivity index (χ4n) is 5.80. The molecule has 0 atom stereocenters. The van der Waals surface area contributed by atoms with Crippen LogP contribution in [0.25, 0.3) is 0 Å². The van der Waals surface area contributed by atoms with Crippen LogP contribution in [-0.4, -0.2) is 42.0 Å². The highest BCUT2D eigenvalue weighted by Gasteiger charge is 2.42. The molecule has 0 radical (unpaired) electrons. The molecule has 1 saturated heterocycles. The zero-order chi connectivity index (χ0) is 20.0. The second-order valence-corrected chi connectivity index (χ2v) is 9.58. The van der Waals surface area contributed by atoms with Crippen molar-refractivity contribution in [2.24, 2.45) is 5.92 Å². The highest BCUT2D eigenvalue weighted by Crippen LogP contribution is 2.44. The summed E-state index contributed by atoms with van der Waals surface area (Å²) in [6.45, 7) is 12.0. The third kappa shape index (κ3) is 4.94. The first-order valence-electron chi connectivity index (χ1n) is 11.9. The molecule has 2 aliphatic rings. The maximum atomic E-state index is 6.23. The summed E-state index contributed by atoms with van der Waals surface area (Å²) in [7, 11) is 0. The van der Waals surface area contributed by atoms with Crippen LogP contribution in [0.1, 0.15) is 84.1 Å². The average Bonchev–Trinajstić information content (AvgIpc) is 2.74. The number of hydrogen-bond donors (Lipinski definition) is 0. The van der Waals surface area contributed by atoms with Crippen LogP contribution in [0.3, 0.4) is 0 Å². The lowest BCUT2D eigenvalue weighted by Gasteiger charge is -2.51. The summed E-state index contributed by atoms with van der Waals surface area (Å²) < 4.78 is 0. The van der Waals surface area contributed by atoms with Gasteiger partial charge in [0.25, 0.3) is 0 Å². The Morgan fingerprint density at radius 3 is 2.00 bits per heavy atom. The highest BCUT2D eigenvalue weighted by atomic mass is 35.5. The van der Waals surface area contributed by atoms with E-state index in [9.17, 15) is 0 Å². The monoisotopic (exact) mass is 404 g/mol. The van der Waals surface area contributed by atoms with Gasteiger partial charge < -0.3 is 4.90 Å². The molecule has 1 aliphatic heterocycles. The standard InChI is InChI=1S/C25H41ClN2/c1-4-17-28(18-5-2)25(22-7-9-23(26)10-8-22)15-11-24(12-16-25)27-19-13-21(6-3)14-20-27/h7-10,21,24H,4-6,11-20H2,1-3H3. The van der Waals surface area contributed by atoms with Gasteiger partial charge in [-0.05, 0) is 101 Å². The van der Waals surface area contributed by atoms with Crippen LogP contribution in [0.4, 0.5) is 0 Å². The van der Waals surface area contributed by atoms with E-state index in [1.165, 1.54) is 89.5 Å². The van der Waals surface area contributed by atoms with Crippen LogP contribution in [0, 0.1) is 5.92 Å². The van der Waals surface area contributed by atoms with Crippen LogP contribution in [0.5, 0.6) is 0 Å². The van der Waals surface area contributed by atoms with Crippen LogP contribution < -0.4 is 0 Å². The predicted octanol–water partition coefficient (Wildman–Crippen LogP) is 6.72. The molecule has 0 aromatic heterocycles. The van der Waals surface area contributed by atoms with Gasteiger partial charge in [0.15, 0.2) is 0 Å². The smallest absolute Gasteiger partial charge is 0.0461 e. The minimum absolute atomic E-state index is 0.203. The molecule has 28 heavy (non-hydrogen) atoms. The van der Waals surface area contributed by atoms with Gasteiger partial charge in [-0.15, -0.1) is 0 Å². The van der Waals surface area contributed by atoms with Gasteiger partial charge in [-0.2, -0.15) is 0 Å². The van der Waals surface area contributed by atoms with Crippen LogP contribution in [-0.2, 0) is 5.54 Å². The third-order valence-electron chi connectivity index (χ3n) is 7.50. The SMILES string of the molecule is CCCN(CCC)C1(c2ccc(Cl)cc2)CCC(N2CCC(CC)CC2)CC1. The Morgan fingerprint density at radius 2 is 1.50 bits per heavy atom. The summed E-state index contributed by atoms with van der Waals surface area (Å²) in [6, 6.07) is 9.58. The van der Waals surface area contributed by atoms with Crippen molar-refractivity contribution in [2.75, 3.05) is 26.2 Å². The number of nitrogens with zero attached hydrogens (tertiary/aromatic N) is 2. The van der Waals surface area contributed by atoms with E-state index < -0.39 is 0 Å². The van der Waals surface area contributed by atoms with Gasteiger partial charge in [0.05, 0.1) is 0 Å². The molecular formula is C25H41ClN2. The Hall–Kier alpha value is -0.570. The van der Waals surface area contributed by atoms with E-state index in [-0.39, 0.29) is 5.54 Å². The van der Waals surface area contributed by atoms with Crippen LogP contribution >= 0.6 is 11.6 Å². The normalized spacial score (nSPS) is 27.4. The van der Waals surface area contributed by atoms with E-state index in [0.717, 1.165) is 17.0 Å². The van der Waals surface area contributed by atoms with Crippen LogP contribution in [0.2, 0.25) is 5.02 Å². The molecule has 1 heterocycles. The first-order valence-corrected chi connectivity index (χ1v) is 12.3. The van der Waals surface area contributed by atoms with Crippen molar-refractivity contribution in [3.63, 3.8) is 0 Å².